The molecular formula is C22H35N3O3S. The molecule has 1 aromatic carbocycles. The molecule has 0 spiro atoms. The first-order chi connectivity index (χ1) is 14.0. The van der Waals surface area contributed by atoms with Crippen LogP contribution < -0.4 is 5.32 Å². The molecule has 2 heterocycles. The fourth-order valence-electron chi connectivity index (χ4n) is 4.57. The molecule has 2 aliphatic rings. The van der Waals surface area contributed by atoms with E-state index >= 15 is 0 Å². The van der Waals surface area contributed by atoms with Crippen molar-refractivity contribution >= 4 is 15.9 Å². The summed E-state index contributed by atoms with van der Waals surface area (Å²) < 4.78 is 27.1. The van der Waals surface area contributed by atoms with Gasteiger partial charge in [0.05, 0.1) is 10.8 Å². The van der Waals surface area contributed by atoms with Crippen LogP contribution in [-0.4, -0.2) is 62.3 Å². The van der Waals surface area contributed by atoms with Gasteiger partial charge in [0.1, 0.15) is 0 Å². The summed E-state index contributed by atoms with van der Waals surface area (Å²) in [5, 5.41) is 3.05. The van der Waals surface area contributed by atoms with Crippen molar-refractivity contribution in [1.82, 2.24) is 14.5 Å². The number of rotatable bonds is 8. The molecule has 6 nitrogen and oxygen atoms in total. The maximum atomic E-state index is 12.8. The molecule has 3 rings (SSSR count). The topological polar surface area (TPSA) is 69.7 Å². The van der Waals surface area contributed by atoms with Gasteiger partial charge < -0.3 is 10.2 Å². The normalized spacial score (nSPS) is 24.3. The molecule has 2 aliphatic heterocycles. The average Bonchev–Trinajstić information content (AvgIpc) is 2.77. The number of hydrogen-bond donors (Lipinski definition) is 1. The second kappa shape index (κ2) is 10.5. The van der Waals surface area contributed by atoms with Crippen LogP contribution in [0.4, 0.5) is 0 Å². The lowest BCUT2D eigenvalue weighted by Gasteiger charge is -2.35. The molecule has 0 aliphatic carbocycles. The molecule has 0 bridgehead atoms. The summed E-state index contributed by atoms with van der Waals surface area (Å²) in [5.41, 5.74) is 0. The van der Waals surface area contributed by atoms with Gasteiger partial charge in [-0.1, -0.05) is 31.5 Å². The molecule has 0 aromatic heterocycles. The van der Waals surface area contributed by atoms with Crippen LogP contribution in [0.15, 0.2) is 35.2 Å². The van der Waals surface area contributed by atoms with E-state index in [-0.39, 0.29) is 18.4 Å². The zero-order chi connectivity index (χ0) is 20.7. The van der Waals surface area contributed by atoms with Gasteiger partial charge in [0, 0.05) is 32.2 Å². The number of likely N-dealkylation sites (tertiary alicyclic amines) is 1. The smallest absolute Gasteiger partial charge is 0.243 e. The van der Waals surface area contributed by atoms with Crippen LogP contribution in [0.5, 0.6) is 0 Å². The molecule has 2 atom stereocenters. The zero-order valence-electron chi connectivity index (χ0n) is 17.6. The van der Waals surface area contributed by atoms with E-state index in [0.29, 0.717) is 24.0 Å². The first-order valence-electron chi connectivity index (χ1n) is 11.1. The van der Waals surface area contributed by atoms with Crippen LogP contribution in [0.25, 0.3) is 0 Å². The van der Waals surface area contributed by atoms with Gasteiger partial charge in [0.15, 0.2) is 0 Å². The van der Waals surface area contributed by atoms with Crippen molar-refractivity contribution in [3.8, 4) is 0 Å². The van der Waals surface area contributed by atoms with Crippen molar-refractivity contribution in [1.29, 1.82) is 0 Å². The highest BCUT2D eigenvalue weighted by atomic mass is 32.2. The van der Waals surface area contributed by atoms with Gasteiger partial charge in [-0.15, -0.1) is 0 Å². The first-order valence-corrected chi connectivity index (χ1v) is 12.5. The van der Waals surface area contributed by atoms with E-state index in [4.69, 9.17) is 0 Å². The van der Waals surface area contributed by atoms with Crippen molar-refractivity contribution in [2.24, 2.45) is 5.92 Å². The molecule has 0 unspecified atom stereocenters. The Balaban J connectivity index is 1.46. The Morgan fingerprint density at radius 3 is 2.66 bits per heavy atom. The standard InChI is InChI=1S/C22H35N3O3S/c1-2-20-11-6-7-15-24(20)16-9-14-23-22(26)19-10-8-17-25(18-19)29(27,28)21-12-4-3-5-13-21/h3-5,12-13,19-20H,2,6-11,14-18H2,1H3,(H,23,26)/t19-,20+/m0/s1. The maximum absolute atomic E-state index is 12.8. The average molecular weight is 422 g/mol. The van der Waals surface area contributed by atoms with E-state index < -0.39 is 10.0 Å². The van der Waals surface area contributed by atoms with Crippen LogP contribution in [0, 0.1) is 5.92 Å². The molecule has 2 saturated heterocycles. The predicted molar refractivity (Wildman–Crippen MR) is 115 cm³/mol. The Kier molecular flexibility index (Phi) is 8.09. The van der Waals surface area contributed by atoms with Gasteiger partial charge in [0.25, 0.3) is 0 Å². The van der Waals surface area contributed by atoms with Gasteiger partial charge in [-0.2, -0.15) is 4.31 Å². The largest absolute Gasteiger partial charge is 0.356 e. The lowest BCUT2D eigenvalue weighted by molar-refractivity contribution is -0.126. The van der Waals surface area contributed by atoms with E-state index in [0.717, 1.165) is 25.8 Å². The SMILES string of the molecule is CC[C@@H]1CCCCN1CCCNC(=O)[C@H]1CCCN(S(=O)(=O)c2ccccc2)C1. The number of carbonyl (C=O) groups is 1. The zero-order valence-corrected chi connectivity index (χ0v) is 18.4. The number of sulfonamides is 1. The van der Waals surface area contributed by atoms with Crippen molar-refractivity contribution in [2.45, 2.75) is 62.8 Å². The summed E-state index contributed by atoms with van der Waals surface area (Å²) in [6.07, 6.45) is 7.50. The molecule has 0 radical (unpaired) electrons. The summed E-state index contributed by atoms with van der Waals surface area (Å²) in [7, 11) is -3.53. The minimum absolute atomic E-state index is 0.0105. The third-order valence-corrected chi connectivity index (χ3v) is 8.16. The Bertz CT molecular complexity index is 754. The van der Waals surface area contributed by atoms with Crippen LogP contribution >= 0.6 is 0 Å². The first kappa shape index (κ1) is 22.2. The van der Waals surface area contributed by atoms with Gasteiger partial charge in [-0.05, 0) is 57.2 Å². The second-order valence-corrected chi connectivity index (χ2v) is 10.2. The van der Waals surface area contributed by atoms with Crippen LogP contribution in [0.2, 0.25) is 0 Å². The second-order valence-electron chi connectivity index (χ2n) is 8.25. The fourth-order valence-corrected chi connectivity index (χ4v) is 6.12. The van der Waals surface area contributed by atoms with E-state index in [9.17, 15) is 13.2 Å². The minimum Gasteiger partial charge on any atom is -0.356 e. The molecule has 7 heteroatoms. The van der Waals surface area contributed by atoms with E-state index in [1.54, 1.807) is 30.3 Å². The quantitative estimate of drug-likeness (QED) is 0.656. The lowest BCUT2D eigenvalue weighted by Crippen LogP contribution is -2.46. The molecule has 2 fully saturated rings. The number of benzene rings is 1. The van der Waals surface area contributed by atoms with E-state index in [1.807, 2.05) is 0 Å². The van der Waals surface area contributed by atoms with Gasteiger partial charge in [-0.3, -0.25) is 4.79 Å². The van der Waals surface area contributed by atoms with Crippen LogP contribution in [-0.2, 0) is 14.8 Å². The number of nitrogens with one attached hydrogen (secondary N) is 1. The fraction of sp³-hybridized carbons (Fsp3) is 0.682. The summed E-state index contributed by atoms with van der Waals surface area (Å²) in [5.74, 6) is -0.274. The summed E-state index contributed by atoms with van der Waals surface area (Å²) in [6.45, 7) is 5.86. The number of piperidine rings is 2. The van der Waals surface area contributed by atoms with Gasteiger partial charge in [0.2, 0.25) is 15.9 Å². The van der Waals surface area contributed by atoms with Gasteiger partial charge >= 0.3 is 0 Å². The maximum Gasteiger partial charge on any atom is 0.243 e. The monoisotopic (exact) mass is 421 g/mol. The molecular weight excluding hydrogens is 386 g/mol. The Hall–Kier alpha value is -1.44. The summed E-state index contributed by atoms with van der Waals surface area (Å²) in [4.78, 5) is 15.5. The van der Waals surface area contributed by atoms with Gasteiger partial charge in [-0.25, -0.2) is 8.42 Å². The predicted octanol–water partition coefficient (Wildman–Crippen LogP) is 2.86. The van der Waals surface area contributed by atoms with Crippen LogP contribution in [0.1, 0.15) is 51.9 Å². The molecule has 162 valence electrons. The third kappa shape index (κ3) is 5.80. The van der Waals surface area contributed by atoms with Crippen molar-refractivity contribution in [3.05, 3.63) is 30.3 Å². The van der Waals surface area contributed by atoms with E-state index in [2.05, 4.69) is 17.1 Å². The van der Waals surface area contributed by atoms with Crippen molar-refractivity contribution in [2.75, 3.05) is 32.7 Å². The Morgan fingerprint density at radius 1 is 1.10 bits per heavy atom. The third-order valence-electron chi connectivity index (χ3n) is 6.28. The highest BCUT2D eigenvalue weighted by molar-refractivity contribution is 7.89. The highest BCUT2D eigenvalue weighted by Crippen LogP contribution is 2.24. The molecule has 0 saturated carbocycles. The van der Waals surface area contributed by atoms with E-state index in [1.165, 1.54) is 36.5 Å². The lowest BCUT2D eigenvalue weighted by atomic mass is 9.98. The summed E-state index contributed by atoms with van der Waals surface area (Å²) >= 11 is 0. The minimum atomic E-state index is -3.53. The van der Waals surface area contributed by atoms with Crippen molar-refractivity contribution in [3.63, 3.8) is 0 Å². The van der Waals surface area contributed by atoms with Crippen LogP contribution in [0.3, 0.4) is 0 Å². The number of hydrogen-bond acceptors (Lipinski definition) is 4. The highest BCUT2D eigenvalue weighted by Gasteiger charge is 2.33. The molecule has 29 heavy (non-hydrogen) atoms. The summed E-state index contributed by atoms with van der Waals surface area (Å²) in [6, 6.07) is 9.18. The Morgan fingerprint density at radius 2 is 1.90 bits per heavy atom. The number of amides is 1. The van der Waals surface area contributed by atoms with Crippen molar-refractivity contribution < 1.29 is 13.2 Å². The molecule has 1 amide bonds. The Labute approximate surface area is 175 Å². The number of nitrogens with zero attached hydrogens (tertiary/aromatic N) is 2. The molecule has 1 aromatic rings. The molecule has 1 N–H and O–H groups in total. The number of carbonyl (C=O) groups excluding carboxylic acids is 1.